The van der Waals surface area contributed by atoms with Crippen molar-refractivity contribution in [2.75, 3.05) is 16.4 Å². The van der Waals surface area contributed by atoms with Crippen LogP contribution in [-0.2, 0) is 15.8 Å². The number of amides is 3. The summed E-state index contributed by atoms with van der Waals surface area (Å²) in [5, 5.41) is 8.23. The molecule has 0 fully saturated rings. The van der Waals surface area contributed by atoms with Crippen LogP contribution in [0.2, 0.25) is 15.1 Å². The number of nitrogens with one attached hydrogen (secondary N) is 3. The molecule has 6 nitrogen and oxygen atoms in total. The van der Waals surface area contributed by atoms with Crippen LogP contribution in [0.15, 0.2) is 102 Å². The van der Waals surface area contributed by atoms with Crippen LogP contribution in [0.5, 0.6) is 0 Å². The minimum atomic E-state index is -4.58. The van der Waals surface area contributed by atoms with E-state index in [-0.39, 0.29) is 32.2 Å². The number of carbonyl (C=O) groups is 3. The van der Waals surface area contributed by atoms with Crippen LogP contribution >= 0.6 is 46.6 Å². The first-order valence-electron chi connectivity index (χ1n) is 12.6. The molecule has 3 N–H and O–H groups in total. The van der Waals surface area contributed by atoms with Gasteiger partial charge >= 0.3 is 6.18 Å². The van der Waals surface area contributed by atoms with Gasteiger partial charge in [0.1, 0.15) is 5.70 Å². The average molecular weight is 679 g/mol. The van der Waals surface area contributed by atoms with E-state index in [9.17, 15) is 27.6 Å². The molecule has 0 unspecified atom stereocenters. The van der Waals surface area contributed by atoms with Crippen LogP contribution < -0.4 is 16.0 Å². The van der Waals surface area contributed by atoms with Gasteiger partial charge in [-0.2, -0.15) is 13.2 Å². The molecule has 13 heteroatoms. The van der Waals surface area contributed by atoms with Gasteiger partial charge in [0.15, 0.2) is 0 Å². The van der Waals surface area contributed by atoms with Gasteiger partial charge in [-0.1, -0.05) is 59.1 Å². The number of carbonyl (C=O) groups excluding carboxylic acids is 3. The molecule has 0 heterocycles. The molecule has 0 saturated heterocycles. The second-order valence-electron chi connectivity index (χ2n) is 9.02. The first-order chi connectivity index (χ1) is 20.9. The molecule has 4 aromatic carbocycles. The predicted molar refractivity (Wildman–Crippen MR) is 169 cm³/mol. The molecule has 0 aliphatic carbocycles. The number of rotatable bonds is 9. The number of alkyl halides is 3. The minimum absolute atomic E-state index is 0.0263. The topological polar surface area (TPSA) is 87.3 Å². The van der Waals surface area contributed by atoms with E-state index in [1.54, 1.807) is 72.8 Å². The molecule has 0 bridgehead atoms. The summed E-state index contributed by atoms with van der Waals surface area (Å²) in [6.07, 6.45) is -3.21. The fourth-order valence-electron chi connectivity index (χ4n) is 3.70. The smallest absolute Gasteiger partial charge is 0.324 e. The highest BCUT2D eigenvalue weighted by atomic mass is 35.5. The zero-order valence-electron chi connectivity index (χ0n) is 22.3. The number of hydrogen-bond donors (Lipinski definition) is 3. The SMILES string of the molecule is O=C(CSc1ccc(NC(=O)/C(=C/c2c(Cl)cccc2Cl)NC(=O)c2ccccc2)cc1)Nc1cc(C(F)(F)F)ccc1Cl. The number of halogens is 6. The van der Waals surface area contributed by atoms with Crippen molar-refractivity contribution < 1.29 is 27.6 Å². The summed E-state index contributed by atoms with van der Waals surface area (Å²) in [6, 6.07) is 22.3. The third kappa shape index (κ3) is 9.03. The summed E-state index contributed by atoms with van der Waals surface area (Å²) >= 11 is 19.6. The Bertz CT molecular complexity index is 1700. The van der Waals surface area contributed by atoms with Gasteiger partial charge in [0, 0.05) is 31.8 Å². The van der Waals surface area contributed by atoms with Gasteiger partial charge < -0.3 is 16.0 Å². The van der Waals surface area contributed by atoms with Crippen molar-refractivity contribution in [3.63, 3.8) is 0 Å². The molecule has 0 radical (unpaired) electrons. The second kappa shape index (κ2) is 14.7. The van der Waals surface area contributed by atoms with Crippen LogP contribution in [0, 0.1) is 0 Å². The van der Waals surface area contributed by atoms with Crippen LogP contribution in [0.3, 0.4) is 0 Å². The maximum atomic E-state index is 13.3. The van der Waals surface area contributed by atoms with Crippen molar-refractivity contribution in [2.45, 2.75) is 11.1 Å². The fourth-order valence-corrected chi connectivity index (χ4v) is 5.07. The van der Waals surface area contributed by atoms with E-state index in [1.165, 1.54) is 6.08 Å². The predicted octanol–water partition coefficient (Wildman–Crippen LogP) is 8.81. The first-order valence-corrected chi connectivity index (χ1v) is 14.8. The maximum absolute atomic E-state index is 13.3. The second-order valence-corrected chi connectivity index (χ2v) is 11.3. The lowest BCUT2D eigenvalue weighted by atomic mass is 10.1. The molecule has 3 amide bonds. The van der Waals surface area contributed by atoms with Gasteiger partial charge in [0.2, 0.25) is 5.91 Å². The molecule has 0 atom stereocenters. The molecule has 4 rings (SSSR count). The highest BCUT2D eigenvalue weighted by molar-refractivity contribution is 8.00. The minimum Gasteiger partial charge on any atom is -0.324 e. The normalized spacial score (nSPS) is 11.5. The summed E-state index contributed by atoms with van der Waals surface area (Å²) in [5.41, 5.74) is -0.147. The van der Waals surface area contributed by atoms with Crippen LogP contribution in [-0.4, -0.2) is 23.5 Å². The molecule has 0 aliphatic heterocycles. The molecular formula is C31H21Cl3F3N3O3S. The van der Waals surface area contributed by atoms with Crippen molar-refractivity contribution >= 4 is 81.7 Å². The molecule has 4 aromatic rings. The lowest BCUT2D eigenvalue weighted by Gasteiger charge is -2.13. The number of anilines is 2. The van der Waals surface area contributed by atoms with Crippen molar-refractivity contribution in [2.24, 2.45) is 0 Å². The van der Waals surface area contributed by atoms with Gasteiger partial charge in [-0.15, -0.1) is 11.8 Å². The lowest BCUT2D eigenvalue weighted by molar-refractivity contribution is -0.137. The monoisotopic (exact) mass is 677 g/mol. The number of thioether (sulfide) groups is 1. The van der Waals surface area contributed by atoms with Crippen molar-refractivity contribution in [1.29, 1.82) is 0 Å². The summed E-state index contributed by atoms with van der Waals surface area (Å²) in [4.78, 5) is 39.2. The van der Waals surface area contributed by atoms with Gasteiger partial charge in [-0.3, -0.25) is 14.4 Å². The lowest BCUT2D eigenvalue weighted by Crippen LogP contribution is -2.30. The van der Waals surface area contributed by atoms with Gasteiger partial charge in [-0.25, -0.2) is 0 Å². The Labute approximate surface area is 269 Å². The zero-order chi connectivity index (χ0) is 31.9. The summed E-state index contributed by atoms with van der Waals surface area (Å²) in [6.45, 7) is 0. The summed E-state index contributed by atoms with van der Waals surface area (Å²) in [7, 11) is 0. The molecule has 0 spiro atoms. The Morgan fingerprint density at radius 3 is 2.07 bits per heavy atom. The highest BCUT2D eigenvalue weighted by Crippen LogP contribution is 2.34. The maximum Gasteiger partial charge on any atom is 0.416 e. The van der Waals surface area contributed by atoms with E-state index >= 15 is 0 Å². The first kappa shape index (κ1) is 32.9. The molecule has 0 aromatic heterocycles. The van der Waals surface area contributed by atoms with Crippen LogP contribution in [0.4, 0.5) is 24.5 Å². The Kier molecular flexibility index (Phi) is 11.0. The zero-order valence-corrected chi connectivity index (χ0v) is 25.4. The van der Waals surface area contributed by atoms with Crippen molar-refractivity contribution in [3.05, 3.63) is 128 Å². The van der Waals surface area contributed by atoms with Crippen molar-refractivity contribution in [1.82, 2.24) is 5.32 Å². The standard InChI is InChI=1S/C31H21Cl3F3N3O3S/c32-23-7-4-8-24(33)22(23)16-27(40-29(42)18-5-2-1-3-6-18)30(43)38-20-10-12-21(13-11-20)44-17-28(41)39-26-15-19(31(35,36)37)9-14-25(26)34/h1-16H,17H2,(H,38,43)(H,39,41)(H,40,42)/b27-16-. The van der Waals surface area contributed by atoms with E-state index in [4.69, 9.17) is 34.8 Å². The van der Waals surface area contributed by atoms with Crippen molar-refractivity contribution in [3.8, 4) is 0 Å². The number of hydrogen-bond acceptors (Lipinski definition) is 4. The molecule has 0 saturated carbocycles. The van der Waals surface area contributed by atoms with Crippen LogP contribution in [0.1, 0.15) is 21.5 Å². The molecular weight excluding hydrogens is 658 g/mol. The molecule has 226 valence electrons. The van der Waals surface area contributed by atoms with E-state index < -0.39 is 29.5 Å². The van der Waals surface area contributed by atoms with E-state index in [1.807, 2.05) is 0 Å². The summed E-state index contributed by atoms with van der Waals surface area (Å²) < 4.78 is 39.0. The van der Waals surface area contributed by atoms with Gasteiger partial charge in [0.05, 0.1) is 22.0 Å². The largest absolute Gasteiger partial charge is 0.416 e. The Hall–Kier alpha value is -3.96. The third-order valence-electron chi connectivity index (χ3n) is 5.87. The fraction of sp³-hybridized carbons (Fsp3) is 0.0645. The van der Waals surface area contributed by atoms with E-state index in [0.717, 1.165) is 30.0 Å². The molecule has 44 heavy (non-hydrogen) atoms. The van der Waals surface area contributed by atoms with E-state index in [2.05, 4.69) is 16.0 Å². The molecule has 0 aliphatic rings. The van der Waals surface area contributed by atoms with Gasteiger partial charge in [-0.05, 0) is 72.8 Å². The Morgan fingerprint density at radius 1 is 0.773 bits per heavy atom. The van der Waals surface area contributed by atoms with E-state index in [0.29, 0.717) is 21.7 Å². The van der Waals surface area contributed by atoms with Gasteiger partial charge in [0.25, 0.3) is 11.8 Å². The number of benzene rings is 4. The highest BCUT2D eigenvalue weighted by Gasteiger charge is 2.31. The Balaban J connectivity index is 1.43. The average Bonchev–Trinajstić information content (AvgIpc) is 2.99. The summed E-state index contributed by atoms with van der Waals surface area (Å²) in [5.74, 6) is -1.85. The third-order valence-corrected chi connectivity index (χ3v) is 7.87. The quantitative estimate of drug-likeness (QED) is 0.122. The van der Waals surface area contributed by atoms with Crippen LogP contribution in [0.25, 0.3) is 6.08 Å². The Morgan fingerprint density at radius 2 is 1.43 bits per heavy atom.